The molecule has 1 unspecified atom stereocenters. The minimum Gasteiger partial charge on any atom is -0.494 e. The molecule has 8 nitrogen and oxygen atoms in total. The number of benzene rings is 1. The van der Waals surface area contributed by atoms with Crippen LogP contribution in [0.15, 0.2) is 30.3 Å². The summed E-state index contributed by atoms with van der Waals surface area (Å²) in [6.45, 7) is 5.17. The molecule has 0 aromatic heterocycles. The van der Waals surface area contributed by atoms with E-state index in [0.29, 0.717) is 19.7 Å². The van der Waals surface area contributed by atoms with Gasteiger partial charge in [-0.05, 0) is 49.8 Å². The molecule has 2 amide bonds. The third-order valence-electron chi connectivity index (χ3n) is 4.11. The molecule has 1 saturated heterocycles. The van der Waals surface area contributed by atoms with Crippen LogP contribution in [0.25, 0.3) is 6.08 Å². The first-order valence-corrected chi connectivity index (χ1v) is 9.81. The molecule has 1 fully saturated rings. The third kappa shape index (κ3) is 6.86. The molecular weight excluding hydrogens is 394 g/mol. The Morgan fingerprint density at radius 3 is 2.66 bits per heavy atom. The van der Waals surface area contributed by atoms with Gasteiger partial charge < -0.3 is 19.7 Å². The fourth-order valence-corrected chi connectivity index (χ4v) is 3.09. The summed E-state index contributed by atoms with van der Waals surface area (Å²) in [5.74, 6) is -0.494. The first-order valence-electron chi connectivity index (χ1n) is 9.40. The smallest absolute Gasteiger partial charge is 0.308 e. The van der Waals surface area contributed by atoms with Gasteiger partial charge in [0.05, 0.1) is 19.6 Å². The summed E-state index contributed by atoms with van der Waals surface area (Å²) in [6, 6.07) is 6.48. The molecule has 1 aromatic carbocycles. The van der Waals surface area contributed by atoms with E-state index in [-0.39, 0.29) is 24.0 Å². The molecule has 1 aliphatic heterocycles. The maximum atomic E-state index is 12.2. The van der Waals surface area contributed by atoms with Crippen LogP contribution in [0.5, 0.6) is 5.75 Å². The number of carbonyl (C=O) groups excluding carboxylic acids is 3. The molecule has 0 aliphatic carbocycles. The maximum Gasteiger partial charge on any atom is 0.308 e. The van der Waals surface area contributed by atoms with E-state index in [0.717, 1.165) is 11.3 Å². The standard InChI is InChI=1S/C20H25N3O5S/c1-3-27-15-8-5-14(6-9-15)7-10-17(24)22-20(29)23-12-11-21-19(26)16(23)13-18(25)28-4-2/h5-10,16H,3-4,11-13H2,1-2H3,(H,21,26)(H,22,24,29)/b10-7+. The zero-order chi connectivity index (χ0) is 21.2. The lowest BCUT2D eigenvalue weighted by Crippen LogP contribution is -2.60. The molecule has 1 aromatic rings. The van der Waals surface area contributed by atoms with E-state index < -0.39 is 17.9 Å². The van der Waals surface area contributed by atoms with Gasteiger partial charge in [0.15, 0.2) is 5.11 Å². The average molecular weight is 420 g/mol. The number of carbonyl (C=O) groups is 3. The Kier molecular flexibility index (Phi) is 8.60. The van der Waals surface area contributed by atoms with Gasteiger partial charge in [-0.1, -0.05) is 12.1 Å². The first kappa shape index (κ1) is 22.4. The molecule has 2 rings (SSSR count). The van der Waals surface area contributed by atoms with Crippen LogP contribution in [0.1, 0.15) is 25.8 Å². The van der Waals surface area contributed by atoms with Gasteiger partial charge in [-0.3, -0.25) is 19.7 Å². The van der Waals surface area contributed by atoms with Crippen LogP contribution in [-0.4, -0.2) is 60.1 Å². The fraction of sp³-hybridized carbons (Fsp3) is 0.400. The molecular formula is C20H25N3O5S. The van der Waals surface area contributed by atoms with Gasteiger partial charge in [-0.25, -0.2) is 0 Å². The SMILES string of the molecule is CCOC(=O)CC1C(=O)NCCN1C(=S)NC(=O)/C=C/c1ccc(OCC)cc1. The van der Waals surface area contributed by atoms with Crippen molar-refractivity contribution in [2.75, 3.05) is 26.3 Å². The van der Waals surface area contributed by atoms with Gasteiger partial charge >= 0.3 is 5.97 Å². The Labute approximate surface area is 175 Å². The highest BCUT2D eigenvalue weighted by molar-refractivity contribution is 7.80. The van der Waals surface area contributed by atoms with Crippen molar-refractivity contribution in [1.29, 1.82) is 0 Å². The highest BCUT2D eigenvalue weighted by Crippen LogP contribution is 2.13. The Hall–Kier alpha value is -2.94. The van der Waals surface area contributed by atoms with Crippen molar-refractivity contribution in [2.45, 2.75) is 26.3 Å². The second-order valence-corrected chi connectivity index (χ2v) is 6.53. The van der Waals surface area contributed by atoms with Crippen molar-refractivity contribution in [2.24, 2.45) is 0 Å². The van der Waals surface area contributed by atoms with E-state index >= 15 is 0 Å². The quantitative estimate of drug-likeness (QED) is 0.390. The highest BCUT2D eigenvalue weighted by atomic mass is 32.1. The van der Waals surface area contributed by atoms with Crippen LogP contribution in [0.3, 0.4) is 0 Å². The van der Waals surface area contributed by atoms with Crippen molar-refractivity contribution >= 4 is 41.2 Å². The van der Waals surface area contributed by atoms with Gasteiger partial charge in [0.1, 0.15) is 11.8 Å². The Morgan fingerprint density at radius 2 is 2.00 bits per heavy atom. The number of piperazine rings is 1. The second-order valence-electron chi connectivity index (χ2n) is 6.14. The monoisotopic (exact) mass is 419 g/mol. The van der Waals surface area contributed by atoms with Crippen molar-refractivity contribution in [1.82, 2.24) is 15.5 Å². The largest absolute Gasteiger partial charge is 0.494 e. The van der Waals surface area contributed by atoms with Crippen LogP contribution in [0.4, 0.5) is 0 Å². The number of hydrogen-bond donors (Lipinski definition) is 2. The second kappa shape index (κ2) is 11.2. The normalized spacial score (nSPS) is 16.3. The molecule has 1 aliphatic rings. The average Bonchev–Trinajstić information content (AvgIpc) is 2.69. The van der Waals surface area contributed by atoms with Crippen LogP contribution in [-0.2, 0) is 19.1 Å². The topological polar surface area (TPSA) is 97.0 Å². The lowest BCUT2D eigenvalue weighted by atomic mass is 10.1. The summed E-state index contributed by atoms with van der Waals surface area (Å²) in [5, 5.41) is 5.37. The summed E-state index contributed by atoms with van der Waals surface area (Å²) in [7, 11) is 0. The minimum absolute atomic E-state index is 0.0930. The number of thiocarbonyl (C=S) groups is 1. The number of nitrogens with one attached hydrogen (secondary N) is 2. The van der Waals surface area contributed by atoms with Gasteiger partial charge in [-0.2, -0.15) is 0 Å². The molecule has 156 valence electrons. The molecule has 9 heteroatoms. The van der Waals surface area contributed by atoms with Gasteiger partial charge in [0, 0.05) is 19.2 Å². The number of esters is 1. The van der Waals surface area contributed by atoms with E-state index in [9.17, 15) is 14.4 Å². The summed E-state index contributed by atoms with van der Waals surface area (Å²) < 4.78 is 10.3. The molecule has 1 heterocycles. The minimum atomic E-state index is -0.814. The van der Waals surface area contributed by atoms with Crippen molar-refractivity contribution < 1.29 is 23.9 Å². The van der Waals surface area contributed by atoms with Crippen LogP contribution >= 0.6 is 12.2 Å². The molecule has 1 atom stereocenters. The van der Waals surface area contributed by atoms with Crippen LogP contribution in [0, 0.1) is 0 Å². The summed E-state index contributed by atoms with van der Waals surface area (Å²) in [6.07, 6.45) is 2.86. The Bertz CT molecular complexity index is 779. The molecule has 0 saturated carbocycles. The molecule has 0 spiro atoms. The third-order valence-corrected chi connectivity index (χ3v) is 4.44. The Balaban J connectivity index is 1.96. The summed E-state index contributed by atoms with van der Waals surface area (Å²) >= 11 is 5.29. The zero-order valence-corrected chi connectivity index (χ0v) is 17.3. The van der Waals surface area contributed by atoms with E-state index in [1.54, 1.807) is 13.0 Å². The number of ether oxygens (including phenoxy) is 2. The predicted molar refractivity (Wildman–Crippen MR) is 112 cm³/mol. The van der Waals surface area contributed by atoms with E-state index in [4.69, 9.17) is 21.7 Å². The molecule has 29 heavy (non-hydrogen) atoms. The molecule has 2 N–H and O–H groups in total. The van der Waals surface area contributed by atoms with Gasteiger partial charge in [0.2, 0.25) is 11.8 Å². The predicted octanol–water partition coefficient (Wildman–Crippen LogP) is 1.25. The first-order chi connectivity index (χ1) is 13.9. The number of rotatable bonds is 7. The van der Waals surface area contributed by atoms with Crippen molar-refractivity contribution in [3.05, 3.63) is 35.9 Å². The Morgan fingerprint density at radius 1 is 1.28 bits per heavy atom. The summed E-state index contributed by atoms with van der Waals surface area (Å²) in [5.41, 5.74) is 0.826. The van der Waals surface area contributed by atoms with Gasteiger partial charge in [-0.15, -0.1) is 0 Å². The number of nitrogens with zero attached hydrogens (tertiary/aromatic N) is 1. The molecule has 0 bridgehead atoms. The lowest BCUT2D eigenvalue weighted by molar-refractivity contribution is -0.147. The fourth-order valence-electron chi connectivity index (χ4n) is 2.77. The highest BCUT2D eigenvalue weighted by Gasteiger charge is 2.33. The lowest BCUT2D eigenvalue weighted by Gasteiger charge is -2.36. The molecule has 0 radical (unpaired) electrons. The zero-order valence-electron chi connectivity index (χ0n) is 16.5. The van der Waals surface area contributed by atoms with E-state index in [2.05, 4.69) is 10.6 Å². The maximum absolute atomic E-state index is 12.2. The number of hydrogen-bond acceptors (Lipinski definition) is 6. The number of amides is 2. The van der Waals surface area contributed by atoms with Crippen LogP contribution in [0.2, 0.25) is 0 Å². The van der Waals surface area contributed by atoms with E-state index in [1.807, 2.05) is 31.2 Å². The van der Waals surface area contributed by atoms with E-state index in [1.165, 1.54) is 11.0 Å². The van der Waals surface area contributed by atoms with Crippen molar-refractivity contribution in [3.8, 4) is 5.75 Å². The summed E-state index contributed by atoms with van der Waals surface area (Å²) in [4.78, 5) is 37.7. The van der Waals surface area contributed by atoms with Gasteiger partial charge in [0.25, 0.3) is 0 Å². The van der Waals surface area contributed by atoms with Crippen molar-refractivity contribution in [3.63, 3.8) is 0 Å². The van der Waals surface area contributed by atoms with Crippen LogP contribution < -0.4 is 15.4 Å².